The van der Waals surface area contributed by atoms with Crippen LogP contribution in [0, 0.1) is 0 Å². The van der Waals surface area contributed by atoms with Crippen LogP contribution in [0.3, 0.4) is 0 Å². The third-order valence-corrected chi connectivity index (χ3v) is 3.45. The van der Waals surface area contributed by atoms with Crippen molar-refractivity contribution in [2.75, 3.05) is 25.2 Å². The van der Waals surface area contributed by atoms with Gasteiger partial charge in [-0.05, 0) is 25.0 Å². The number of hydrogen-bond acceptors (Lipinski definition) is 3. The van der Waals surface area contributed by atoms with Crippen molar-refractivity contribution in [1.82, 2.24) is 9.97 Å². The van der Waals surface area contributed by atoms with E-state index in [1.165, 1.54) is 0 Å². The first-order chi connectivity index (χ1) is 8.34. The largest absolute Gasteiger partial charge is 0.381 e. The molecule has 0 spiro atoms. The summed E-state index contributed by atoms with van der Waals surface area (Å²) in [7, 11) is 2.10. The summed E-state index contributed by atoms with van der Waals surface area (Å²) < 4.78 is 5.39. The number of ether oxygens (including phenoxy) is 1. The number of hydrogen-bond donors (Lipinski definition) is 1. The molecule has 0 unspecified atom stereocenters. The zero-order chi connectivity index (χ0) is 11.7. The minimum Gasteiger partial charge on any atom is -0.381 e. The molecule has 0 atom stereocenters. The van der Waals surface area contributed by atoms with Crippen LogP contribution in [0.5, 0.6) is 0 Å². The van der Waals surface area contributed by atoms with Crippen molar-refractivity contribution < 1.29 is 4.74 Å². The van der Waals surface area contributed by atoms with Gasteiger partial charge in [0.05, 0.1) is 11.0 Å². The second kappa shape index (κ2) is 4.37. The van der Waals surface area contributed by atoms with Crippen LogP contribution in [-0.4, -0.2) is 36.3 Å². The minimum atomic E-state index is 0.532. The molecule has 0 radical (unpaired) electrons. The standard InChI is InChI=1S/C13H17N3O/c1-16(10-6-8-17-9-7-10)13-14-11-4-2-3-5-12(11)15-13/h2-5,10H,6-9H2,1H3,(H,14,15). The number of benzene rings is 1. The summed E-state index contributed by atoms with van der Waals surface area (Å²) in [5, 5.41) is 0. The Morgan fingerprint density at radius 1 is 1.29 bits per heavy atom. The molecular formula is C13H17N3O. The topological polar surface area (TPSA) is 41.2 Å². The van der Waals surface area contributed by atoms with Crippen LogP contribution in [0.25, 0.3) is 11.0 Å². The fraction of sp³-hybridized carbons (Fsp3) is 0.462. The van der Waals surface area contributed by atoms with Gasteiger partial charge in [-0.2, -0.15) is 0 Å². The molecule has 1 fully saturated rings. The molecule has 0 aliphatic carbocycles. The highest BCUT2D eigenvalue weighted by Crippen LogP contribution is 2.21. The van der Waals surface area contributed by atoms with Crippen molar-refractivity contribution in [2.24, 2.45) is 0 Å². The lowest BCUT2D eigenvalue weighted by Gasteiger charge is -2.30. The van der Waals surface area contributed by atoms with Crippen molar-refractivity contribution in [1.29, 1.82) is 0 Å². The molecule has 17 heavy (non-hydrogen) atoms. The molecule has 3 rings (SSSR count). The molecule has 1 N–H and O–H groups in total. The van der Waals surface area contributed by atoms with Crippen LogP contribution in [0.2, 0.25) is 0 Å². The van der Waals surface area contributed by atoms with Crippen molar-refractivity contribution >= 4 is 17.0 Å². The third-order valence-electron chi connectivity index (χ3n) is 3.45. The average molecular weight is 231 g/mol. The molecule has 2 aromatic rings. The fourth-order valence-electron chi connectivity index (χ4n) is 2.35. The maximum Gasteiger partial charge on any atom is 0.203 e. The van der Waals surface area contributed by atoms with E-state index >= 15 is 0 Å². The van der Waals surface area contributed by atoms with Crippen LogP contribution in [-0.2, 0) is 4.74 Å². The van der Waals surface area contributed by atoms with E-state index in [2.05, 4.69) is 28.0 Å². The van der Waals surface area contributed by atoms with E-state index in [4.69, 9.17) is 4.74 Å². The first kappa shape index (κ1) is 10.6. The van der Waals surface area contributed by atoms with Gasteiger partial charge in [-0.25, -0.2) is 4.98 Å². The van der Waals surface area contributed by atoms with Gasteiger partial charge in [-0.3, -0.25) is 0 Å². The molecular weight excluding hydrogens is 214 g/mol. The lowest BCUT2D eigenvalue weighted by Crippen LogP contribution is -2.37. The van der Waals surface area contributed by atoms with Crippen molar-refractivity contribution in [3.8, 4) is 0 Å². The molecule has 1 aliphatic rings. The molecule has 2 heterocycles. The first-order valence-corrected chi connectivity index (χ1v) is 6.10. The van der Waals surface area contributed by atoms with Crippen LogP contribution in [0.1, 0.15) is 12.8 Å². The predicted molar refractivity (Wildman–Crippen MR) is 68.3 cm³/mol. The number of fused-ring (bicyclic) bond motifs is 1. The Kier molecular flexibility index (Phi) is 2.73. The monoisotopic (exact) mass is 231 g/mol. The molecule has 1 aliphatic heterocycles. The number of imidazole rings is 1. The van der Waals surface area contributed by atoms with E-state index in [0.29, 0.717) is 6.04 Å². The van der Waals surface area contributed by atoms with Gasteiger partial charge in [0.15, 0.2) is 0 Å². The molecule has 4 heteroatoms. The zero-order valence-electron chi connectivity index (χ0n) is 10.0. The summed E-state index contributed by atoms with van der Waals surface area (Å²) in [6, 6.07) is 8.67. The highest BCUT2D eigenvalue weighted by atomic mass is 16.5. The van der Waals surface area contributed by atoms with Gasteiger partial charge in [-0.1, -0.05) is 12.1 Å². The number of para-hydroxylation sites is 2. The smallest absolute Gasteiger partial charge is 0.203 e. The third kappa shape index (κ3) is 2.00. The van der Waals surface area contributed by atoms with Gasteiger partial charge >= 0.3 is 0 Å². The molecule has 0 amide bonds. The molecule has 90 valence electrons. The maximum atomic E-state index is 5.39. The van der Waals surface area contributed by atoms with E-state index in [1.807, 2.05) is 18.2 Å². The highest BCUT2D eigenvalue weighted by molar-refractivity contribution is 5.77. The van der Waals surface area contributed by atoms with Crippen LogP contribution in [0.4, 0.5) is 5.95 Å². The van der Waals surface area contributed by atoms with Crippen LogP contribution < -0.4 is 4.90 Å². The van der Waals surface area contributed by atoms with Crippen LogP contribution >= 0.6 is 0 Å². The number of nitrogens with zero attached hydrogens (tertiary/aromatic N) is 2. The summed E-state index contributed by atoms with van der Waals surface area (Å²) in [6.45, 7) is 1.71. The molecule has 1 aromatic carbocycles. The van der Waals surface area contributed by atoms with Gasteiger partial charge in [0, 0.05) is 26.3 Å². The van der Waals surface area contributed by atoms with Gasteiger partial charge in [-0.15, -0.1) is 0 Å². The molecule has 0 bridgehead atoms. The average Bonchev–Trinajstić information content (AvgIpc) is 2.82. The van der Waals surface area contributed by atoms with Gasteiger partial charge in [0.2, 0.25) is 5.95 Å². The van der Waals surface area contributed by atoms with E-state index in [0.717, 1.165) is 43.0 Å². The Labute approximate surface area is 101 Å². The summed E-state index contributed by atoms with van der Waals surface area (Å²) in [4.78, 5) is 10.2. The van der Waals surface area contributed by atoms with Gasteiger partial charge in [0.1, 0.15) is 0 Å². The van der Waals surface area contributed by atoms with Crippen LogP contribution in [0.15, 0.2) is 24.3 Å². The lowest BCUT2D eigenvalue weighted by atomic mass is 10.1. The predicted octanol–water partition coefficient (Wildman–Crippen LogP) is 2.18. The molecule has 1 saturated heterocycles. The maximum absolute atomic E-state index is 5.39. The van der Waals surface area contributed by atoms with Crippen molar-refractivity contribution in [2.45, 2.75) is 18.9 Å². The van der Waals surface area contributed by atoms with E-state index in [9.17, 15) is 0 Å². The highest BCUT2D eigenvalue weighted by Gasteiger charge is 2.20. The van der Waals surface area contributed by atoms with E-state index in [-0.39, 0.29) is 0 Å². The Bertz CT molecular complexity index is 469. The van der Waals surface area contributed by atoms with Gasteiger partial charge < -0.3 is 14.6 Å². The molecule has 4 nitrogen and oxygen atoms in total. The summed E-state index contributed by atoms with van der Waals surface area (Å²) >= 11 is 0. The molecule has 1 aromatic heterocycles. The van der Waals surface area contributed by atoms with Crippen molar-refractivity contribution in [3.05, 3.63) is 24.3 Å². The normalized spacial score (nSPS) is 17.5. The quantitative estimate of drug-likeness (QED) is 0.861. The second-order valence-electron chi connectivity index (χ2n) is 4.53. The summed E-state index contributed by atoms with van der Waals surface area (Å²) in [5.74, 6) is 0.957. The van der Waals surface area contributed by atoms with E-state index in [1.54, 1.807) is 0 Å². The number of aromatic amines is 1. The minimum absolute atomic E-state index is 0.532. The Morgan fingerprint density at radius 2 is 2.06 bits per heavy atom. The lowest BCUT2D eigenvalue weighted by molar-refractivity contribution is 0.0852. The summed E-state index contributed by atoms with van der Waals surface area (Å²) in [5.41, 5.74) is 2.13. The number of anilines is 1. The Morgan fingerprint density at radius 3 is 2.82 bits per heavy atom. The second-order valence-corrected chi connectivity index (χ2v) is 4.53. The van der Waals surface area contributed by atoms with E-state index < -0.39 is 0 Å². The Balaban J connectivity index is 1.86. The number of rotatable bonds is 2. The SMILES string of the molecule is CN(c1nc2ccccc2[nH]1)C1CCOCC1. The number of H-pyrrole nitrogens is 1. The fourth-order valence-corrected chi connectivity index (χ4v) is 2.35. The number of nitrogens with one attached hydrogen (secondary N) is 1. The van der Waals surface area contributed by atoms with Gasteiger partial charge in [0.25, 0.3) is 0 Å². The molecule has 0 saturated carbocycles. The summed E-state index contributed by atoms with van der Waals surface area (Å²) in [6.07, 6.45) is 2.15. The Hall–Kier alpha value is -1.55. The number of aromatic nitrogens is 2. The zero-order valence-corrected chi connectivity index (χ0v) is 10.0. The van der Waals surface area contributed by atoms with Crippen molar-refractivity contribution in [3.63, 3.8) is 0 Å². The first-order valence-electron chi connectivity index (χ1n) is 6.10.